The second-order valence-corrected chi connectivity index (χ2v) is 2.84. The van der Waals surface area contributed by atoms with E-state index in [0.29, 0.717) is 12.0 Å². The third-order valence-corrected chi connectivity index (χ3v) is 1.96. The van der Waals surface area contributed by atoms with Crippen molar-refractivity contribution >= 4 is 5.78 Å². The van der Waals surface area contributed by atoms with Gasteiger partial charge in [-0.15, -0.1) is 0 Å². The van der Waals surface area contributed by atoms with E-state index in [2.05, 4.69) is 5.32 Å². The fourth-order valence-electron chi connectivity index (χ4n) is 1.16. The van der Waals surface area contributed by atoms with Gasteiger partial charge in [0.15, 0.2) is 5.78 Å². The Morgan fingerprint density at radius 1 is 1.54 bits per heavy atom. The average Bonchev–Trinajstić information content (AvgIpc) is 2.25. The molecule has 0 aliphatic carbocycles. The molecule has 1 atom stereocenters. The summed E-state index contributed by atoms with van der Waals surface area (Å²) < 4.78 is 21.3. The smallest absolute Gasteiger partial charge is 0.179 e. The summed E-state index contributed by atoms with van der Waals surface area (Å²) in [4.78, 5) is 11.9. The van der Waals surface area contributed by atoms with E-state index < -0.39 is 13.0 Å². The van der Waals surface area contributed by atoms with Crippen LogP contribution >= 0.6 is 0 Å². The lowest BCUT2D eigenvalue weighted by Gasteiger charge is -2.11. The Bertz CT molecular complexity index is 348. The maximum Gasteiger partial charge on any atom is 0.179 e. The SMILES string of the molecule is [2H][13C]([2H])([2H])NC(CC)C(=O)c1ccccc1. The first-order valence-electron chi connectivity index (χ1n) is 5.81. The standard InChI is InChI=1S/C11H15NO/c1-3-10(12-2)11(13)9-7-5-4-6-8-9/h4-8,10,12H,3H2,1-2H3/i2+1D3. The molecule has 0 saturated heterocycles. The van der Waals surface area contributed by atoms with Crippen molar-refractivity contribution in [1.82, 2.24) is 5.32 Å². The van der Waals surface area contributed by atoms with Crippen LogP contribution < -0.4 is 5.32 Å². The number of ketones is 1. The molecule has 0 spiro atoms. The Morgan fingerprint density at radius 3 is 2.77 bits per heavy atom. The van der Waals surface area contributed by atoms with E-state index in [1.165, 1.54) is 0 Å². The van der Waals surface area contributed by atoms with Gasteiger partial charge in [-0.25, -0.2) is 0 Å². The first-order valence-corrected chi connectivity index (χ1v) is 4.31. The summed E-state index contributed by atoms with van der Waals surface area (Å²) in [5.74, 6) is -0.181. The molecular formula is C11H15NO. The van der Waals surface area contributed by atoms with Gasteiger partial charge in [-0.05, 0) is 13.4 Å². The maximum atomic E-state index is 11.9. The third kappa shape index (κ3) is 2.39. The van der Waals surface area contributed by atoms with E-state index in [9.17, 15) is 4.79 Å². The molecule has 1 unspecified atom stereocenters. The van der Waals surface area contributed by atoms with Crippen molar-refractivity contribution in [3.8, 4) is 0 Å². The van der Waals surface area contributed by atoms with Crippen LogP contribution in [0.1, 0.15) is 27.8 Å². The van der Waals surface area contributed by atoms with Crippen molar-refractivity contribution in [2.24, 2.45) is 0 Å². The lowest BCUT2D eigenvalue weighted by atomic mass is 10.0. The van der Waals surface area contributed by atoms with Crippen LogP contribution in [0.2, 0.25) is 0 Å². The van der Waals surface area contributed by atoms with Crippen molar-refractivity contribution in [2.45, 2.75) is 19.4 Å². The highest BCUT2D eigenvalue weighted by Crippen LogP contribution is 2.05. The summed E-state index contributed by atoms with van der Waals surface area (Å²) >= 11 is 0. The number of benzene rings is 1. The van der Waals surface area contributed by atoms with E-state index >= 15 is 0 Å². The molecule has 0 radical (unpaired) electrons. The Morgan fingerprint density at radius 2 is 2.23 bits per heavy atom. The zero-order valence-electron chi connectivity index (χ0n) is 10.6. The molecule has 0 saturated carbocycles. The quantitative estimate of drug-likeness (QED) is 0.567. The Labute approximate surface area is 83.2 Å². The second-order valence-electron chi connectivity index (χ2n) is 2.84. The van der Waals surface area contributed by atoms with E-state index in [4.69, 9.17) is 4.11 Å². The van der Waals surface area contributed by atoms with Crippen LogP contribution in [0.4, 0.5) is 0 Å². The number of carbonyl (C=O) groups excluding carboxylic acids is 1. The average molecular weight is 181 g/mol. The Hall–Kier alpha value is -1.15. The minimum absolute atomic E-state index is 0.181. The van der Waals surface area contributed by atoms with Gasteiger partial charge in [0.05, 0.1) is 6.04 Å². The fourth-order valence-corrected chi connectivity index (χ4v) is 1.16. The maximum absolute atomic E-state index is 11.9. The van der Waals surface area contributed by atoms with Gasteiger partial charge >= 0.3 is 0 Å². The van der Waals surface area contributed by atoms with Crippen molar-refractivity contribution in [1.29, 1.82) is 0 Å². The van der Waals surface area contributed by atoms with Gasteiger partial charge in [-0.1, -0.05) is 37.3 Å². The monoisotopic (exact) mass is 181 g/mol. The first-order chi connectivity index (χ1) is 7.44. The molecule has 0 aromatic heterocycles. The zero-order chi connectivity index (χ0) is 12.2. The Balaban J connectivity index is 2.78. The Kier molecular flexibility index (Phi) is 2.32. The topological polar surface area (TPSA) is 29.1 Å². The van der Waals surface area contributed by atoms with Crippen LogP contribution in [0.15, 0.2) is 30.3 Å². The number of hydrogen-bond donors (Lipinski definition) is 1. The van der Waals surface area contributed by atoms with E-state index in [1.54, 1.807) is 31.2 Å². The summed E-state index contributed by atoms with van der Waals surface area (Å²) in [6.45, 7) is -0.505. The summed E-state index contributed by atoms with van der Waals surface area (Å²) in [6.07, 6.45) is 0.451. The van der Waals surface area contributed by atoms with Crippen molar-refractivity contribution in [2.75, 3.05) is 6.98 Å². The summed E-state index contributed by atoms with van der Waals surface area (Å²) in [5, 5.41) is 2.35. The van der Waals surface area contributed by atoms with Gasteiger partial charge in [0.2, 0.25) is 0 Å². The molecule has 0 amide bonds. The number of rotatable bonds is 4. The lowest BCUT2D eigenvalue weighted by Crippen LogP contribution is -2.33. The molecule has 0 aliphatic rings. The molecule has 1 aromatic rings. The molecule has 0 heterocycles. The summed E-state index contributed by atoms with van der Waals surface area (Å²) in [7, 11) is 0. The minimum atomic E-state index is -2.29. The highest BCUT2D eigenvalue weighted by molar-refractivity contribution is 5.99. The normalized spacial score (nSPS) is 16.8. The number of likely N-dealkylation sites (N-methyl/N-ethyl adjacent to an activating group) is 1. The van der Waals surface area contributed by atoms with Gasteiger partial charge in [0, 0.05) is 9.68 Å². The fraction of sp³-hybridized carbons (Fsp3) is 0.364. The summed E-state index contributed by atoms with van der Waals surface area (Å²) in [6, 6.07) is 8.05. The first kappa shape index (κ1) is 6.33. The number of nitrogens with one attached hydrogen (secondary N) is 1. The van der Waals surface area contributed by atoms with Crippen LogP contribution in [-0.2, 0) is 0 Å². The molecule has 1 aromatic carbocycles. The molecule has 13 heavy (non-hydrogen) atoms. The van der Waals surface area contributed by atoms with Crippen LogP contribution in [0, 0.1) is 0 Å². The van der Waals surface area contributed by atoms with Crippen molar-refractivity contribution in [3.63, 3.8) is 0 Å². The molecular weight excluding hydrogens is 163 g/mol. The number of hydrogen-bond acceptors (Lipinski definition) is 2. The van der Waals surface area contributed by atoms with Crippen molar-refractivity contribution in [3.05, 3.63) is 35.9 Å². The lowest BCUT2D eigenvalue weighted by molar-refractivity contribution is 0.0945. The van der Waals surface area contributed by atoms with Crippen LogP contribution in [0.5, 0.6) is 0 Å². The zero-order valence-corrected chi connectivity index (χ0v) is 7.58. The van der Waals surface area contributed by atoms with Gasteiger partial charge < -0.3 is 5.32 Å². The molecule has 0 fully saturated rings. The predicted octanol–water partition coefficient (Wildman–Crippen LogP) is 1.87. The predicted molar refractivity (Wildman–Crippen MR) is 53.9 cm³/mol. The van der Waals surface area contributed by atoms with E-state index in [-0.39, 0.29) is 5.78 Å². The van der Waals surface area contributed by atoms with Gasteiger partial charge in [-0.2, -0.15) is 0 Å². The molecule has 1 N–H and O–H groups in total. The molecule has 2 heteroatoms. The highest BCUT2D eigenvalue weighted by atomic mass is 16.1. The second kappa shape index (κ2) is 4.77. The molecule has 0 aliphatic heterocycles. The molecule has 70 valence electrons. The third-order valence-electron chi connectivity index (χ3n) is 1.96. The van der Waals surface area contributed by atoms with Gasteiger partial charge in [0.25, 0.3) is 0 Å². The molecule has 2 nitrogen and oxygen atoms in total. The van der Waals surface area contributed by atoms with Gasteiger partial charge in [0.1, 0.15) is 0 Å². The van der Waals surface area contributed by atoms with E-state index in [1.807, 2.05) is 6.07 Å². The van der Waals surface area contributed by atoms with Crippen LogP contribution in [0.3, 0.4) is 0 Å². The summed E-state index contributed by atoms with van der Waals surface area (Å²) in [5.41, 5.74) is 0.533. The van der Waals surface area contributed by atoms with Gasteiger partial charge in [-0.3, -0.25) is 4.79 Å². The minimum Gasteiger partial charge on any atom is -0.310 e. The highest BCUT2D eigenvalue weighted by Gasteiger charge is 2.14. The molecule has 0 bridgehead atoms. The van der Waals surface area contributed by atoms with Crippen molar-refractivity contribution < 1.29 is 8.91 Å². The van der Waals surface area contributed by atoms with E-state index in [0.717, 1.165) is 0 Å². The largest absolute Gasteiger partial charge is 0.310 e. The van der Waals surface area contributed by atoms with Crippen LogP contribution in [0.25, 0.3) is 0 Å². The number of Topliss-reactive ketones (excluding diaryl/α,β-unsaturated/α-hetero) is 1. The van der Waals surface area contributed by atoms with Crippen LogP contribution in [-0.4, -0.2) is 18.8 Å². The molecule has 1 rings (SSSR count). The number of carbonyl (C=O) groups is 1.